The summed E-state index contributed by atoms with van der Waals surface area (Å²) in [5.74, 6) is -2.58. The molecule has 0 aliphatic carbocycles. The van der Waals surface area contributed by atoms with Crippen molar-refractivity contribution < 1.29 is 29.7 Å². The van der Waals surface area contributed by atoms with Gasteiger partial charge in [-0.25, -0.2) is 0 Å². The largest absolute Gasteiger partial charge is 0.481 e. The number of nitrogens with one attached hydrogen (secondary N) is 2. The van der Waals surface area contributed by atoms with E-state index in [1.807, 2.05) is 0 Å². The van der Waals surface area contributed by atoms with Gasteiger partial charge in [0, 0.05) is 24.9 Å². The number of rotatable bonds is 25. The van der Waals surface area contributed by atoms with E-state index < -0.39 is 29.3 Å². The molecule has 0 fully saturated rings. The minimum Gasteiger partial charge on any atom is -0.481 e. The highest BCUT2D eigenvalue weighted by molar-refractivity contribution is 5.82. The molecular weight excluding hydrogens is 484 g/mol. The number of aliphatic hydroxyl groups excluding tert-OH is 2. The van der Waals surface area contributed by atoms with Crippen LogP contribution in [-0.4, -0.2) is 58.9 Å². The first-order valence-corrected chi connectivity index (χ1v) is 14.9. The van der Waals surface area contributed by atoms with Crippen LogP contribution in [0.1, 0.15) is 124 Å². The first kappa shape index (κ1) is 36.1. The number of amides is 2. The van der Waals surface area contributed by atoms with Gasteiger partial charge < -0.3 is 26.0 Å². The van der Waals surface area contributed by atoms with Gasteiger partial charge in [-0.1, -0.05) is 84.3 Å². The Kier molecular flexibility index (Phi) is 21.8. The number of aliphatic hydroxyl groups is 2. The molecule has 2 atom stereocenters. The van der Waals surface area contributed by atoms with Gasteiger partial charge in [0.1, 0.15) is 6.10 Å². The van der Waals surface area contributed by atoms with Gasteiger partial charge in [-0.2, -0.15) is 0 Å². The fraction of sp³-hybridized carbons (Fsp3) is 0.833. The van der Waals surface area contributed by atoms with Crippen molar-refractivity contribution in [1.82, 2.24) is 10.6 Å². The molecule has 222 valence electrons. The monoisotopic (exact) mass is 540 g/mol. The van der Waals surface area contributed by atoms with Gasteiger partial charge in [0.25, 0.3) is 0 Å². The summed E-state index contributed by atoms with van der Waals surface area (Å²) in [5, 5.41) is 34.0. The third-order valence-corrected chi connectivity index (χ3v) is 6.99. The highest BCUT2D eigenvalue weighted by Crippen LogP contribution is 2.19. The van der Waals surface area contributed by atoms with Crippen LogP contribution in [0.4, 0.5) is 0 Å². The molecule has 0 aliphatic rings. The van der Waals surface area contributed by atoms with Crippen LogP contribution in [0.5, 0.6) is 0 Å². The Hall–Kier alpha value is -1.93. The van der Waals surface area contributed by atoms with Crippen LogP contribution in [0.25, 0.3) is 0 Å². The van der Waals surface area contributed by atoms with Crippen LogP contribution < -0.4 is 10.6 Å². The standard InChI is InChI=1S/C30H56N2O6/c1-4-5-6-7-8-9-10-11-12-13-14-15-16-17-18-21-26(34)31-22-19-20-25(29(37)38)23-32-28(36)27(35)30(2,3)24-33/h11-12,25,27,33,35H,4-10,13-24H2,1-3H3,(H,31,34)(H,32,36)(H,37,38). The fourth-order valence-corrected chi connectivity index (χ4v) is 4.10. The summed E-state index contributed by atoms with van der Waals surface area (Å²) in [6.07, 6.45) is 20.2. The first-order valence-electron chi connectivity index (χ1n) is 14.9. The average Bonchev–Trinajstić information content (AvgIpc) is 2.89. The van der Waals surface area contributed by atoms with E-state index in [2.05, 4.69) is 29.7 Å². The number of allylic oxidation sites excluding steroid dienone is 2. The van der Waals surface area contributed by atoms with E-state index in [-0.39, 0.29) is 19.1 Å². The van der Waals surface area contributed by atoms with Crippen molar-refractivity contribution in [3.05, 3.63) is 12.2 Å². The van der Waals surface area contributed by atoms with Gasteiger partial charge in [0.05, 0.1) is 12.5 Å². The number of carboxylic acids is 1. The van der Waals surface area contributed by atoms with E-state index in [4.69, 9.17) is 0 Å². The third-order valence-electron chi connectivity index (χ3n) is 6.99. The van der Waals surface area contributed by atoms with Crippen LogP contribution in [0, 0.1) is 11.3 Å². The molecule has 0 saturated carbocycles. The molecule has 0 aliphatic heterocycles. The predicted molar refractivity (Wildman–Crippen MR) is 153 cm³/mol. The molecule has 5 N–H and O–H groups in total. The van der Waals surface area contributed by atoms with Crippen LogP contribution in [0.15, 0.2) is 12.2 Å². The molecule has 0 bridgehead atoms. The van der Waals surface area contributed by atoms with Crippen LogP contribution in [-0.2, 0) is 14.4 Å². The molecule has 2 amide bonds. The maximum absolute atomic E-state index is 12.1. The summed E-state index contributed by atoms with van der Waals surface area (Å²) in [6.45, 7) is 5.24. The Morgan fingerprint density at radius 1 is 0.816 bits per heavy atom. The molecule has 0 saturated heterocycles. The Balaban J connectivity index is 3.78. The van der Waals surface area contributed by atoms with Gasteiger partial charge in [0.2, 0.25) is 11.8 Å². The van der Waals surface area contributed by atoms with Crippen molar-refractivity contribution in [3.63, 3.8) is 0 Å². The molecule has 8 heteroatoms. The van der Waals surface area contributed by atoms with Crippen LogP contribution >= 0.6 is 0 Å². The van der Waals surface area contributed by atoms with Crippen molar-refractivity contribution in [2.24, 2.45) is 11.3 Å². The summed E-state index contributed by atoms with van der Waals surface area (Å²) in [6, 6.07) is 0. The molecule has 0 rings (SSSR count). The van der Waals surface area contributed by atoms with Crippen molar-refractivity contribution >= 4 is 17.8 Å². The van der Waals surface area contributed by atoms with Gasteiger partial charge in [-0.05, 0) is 44.9 Å². The summed E-state index contributed by atoms with van der Waals surface area (Å²) >= 11 is 0. The summed E-state index contributed by atoms with van der Waals surface area (Å²) in [4.78, 5) is 35.6. The van der Waals surface area contributed by atoms with Gasteiger partial charge in [-0.15, -0.1) is 0 Å². The zero-order valence-electron chi connectivity index (χ0n) is 24.3. The minimum atomic E-state index is -1.43. The number of carboxylic acid groups (broad SMARTS) is 1. The summed E-state index contributed by atoms with van der Waals surface area (Å²) in [7, 11) is 0. The number of aliphatic carboxylic acids is 1. The Morgan fingerprint density at radius 3 is 1.92 bits per heavy atom. The Morgan fingerprint density at radius 2 is 1.37 bits per heavy atom. The number of carbonyl (C=O) groups is 3. The molecule has 8 nitrogen and oxygen atoms in total. The lowest BCUT2D eigenvalue weighted by atomic mass is 9.87. The lowest BCUT2D eigenvalue weighted by Crippen LogP contribution is -2.47. The highest BCUT2D eigenvalue weighted by atomic mass is 16.4. The maximum Gasteiger partial charge on any atom is 0.308 e. The SMILES string of the molecule is CCCCCCCCC=CCCCCCCCC(=O)NCCCC(CNC(=O)C(O)C(C)(C)CO)C(=O)O. The molecule has 0 aromatic rings. The Labute approximate surface area is 231 Å². The van der Waals surface area contributed by atoms with E-state index >= 15 is 0 Å². The zero-order valence-corrected chi connectivity index (χ0v) is 24.3. The number of carbonyl (C=O) groups excluding carboxylic acids is 2. The second-order valence-electron chi connectivity index (χ2n) is 11.2. The highest BCUT2D eigenvalue weighted by Gasteiger charge is 2.33. The zero-order chi connectivity index (χ0) is 28.7. The number of hydrogen-bond acceptors (Lipinski definition) is 5. The Bertz CT molecular complexity index is 665. The second-order valence-corrected chi connectivity index (χ2v) is 11.2. The van der Waals surface area contributed by atoms with Crippen LogP contribution in [0.2, 0.25) is 0 Å². The molecule has 0 aromatic carbocycles. The quantitative estimate of drug-likeness (QED) is 0.0806. The van der Waals surface area contributed by atoms with Crippen molar-refractivity contribution in [2.75, 3.05) is 19.7 Å². The summed E-state index contributed by atoms with van der Waals surface area (Å²) in [5.41, 5.74) is -1.02. The molecule has 0 heterocycles. The van der Waals surface area contributed by atoms with Crippen molar-refractivity contribution in [2.45, 2.75) is 130 Å². The molecule has 0 aromatic heterocycles. The maximum atomic E-state index is 12.1. The van der Waals surface area contributed by atoms with Gasteiger partial charge in [-0.3, -0.25) is 14.4 Å². The smallest absolute Gasteiger partial charge is 0.308 e. The molecular formula is C30H56N2O6. The fourth-order valence-electron chi connectivity index (χ4n) is 4.10. The van der Waals surface area contributed by atoms with Crippen molar-refractivity contribution in [1.29, 1.82) is 0 Å². The van der Waals surface area contributed by atoms with E-state index in [1.165, 1.54) is 57.8 Å². The van der Waals surface area contributed by atoms with E-state index in [0.717, 1.165) is 25.7 Å². The van der Waals surface area contributed by atoms with Crippen molar-refractivity contribution in [3.8, 4) is 0 Å². The third kappa shape index (κ3) is 19.2. The second kappa shape index (κ2) is 23.0. The normalized spacial score (nSPS) is 13.4. The molecule has 0 spiro atoms. The number of unbranched alkanes of at least 4 members (excludes halogenated alkanes) is 11. The van der Waals surface area contributed by atoms with E-state index in [1.54, 1.807) is 13.8 Å². The lowest BCUT2D eigenvalue weighted by Gasteiger charge is -2.27. The number of hydrogen-bond donors (Lipinski definition) is 5. The van der Waals surface area contributed by atoms with Gasteiger partial charge in [0.15, 0.2) is 0 Å². The predicted octanol–water partition coefficient (Wildman–Crippen LogP) is 5.12. The van der Waals surface area contributed by atoms with Crippen LogP contribution in [0.3, 0.4) is 0 Å². The first-order chi connectivity index (χ1) is 18.2. The summed E-state index contributed by atoms with van der Waals surface area (Å²) < 4.78 is 0. The average molecular weight is 541 g/mol. The molecule has 0 radical (unpaired) electrons. The van der Waals surface area contributed by atoms with E-state index in [0.29, 0.717) is 25.8 Å². The topological polar surface area (TPSA) is 136 Å². The minimum absolute atomic E-state index is 0.0165. The van der Waals surface area contributed by atoms with E-state index in [9.17, 15) is 29.7 Å². The van der Waals surface area contributed by atoms with Gasteiger partial charge >= 0.3 is 5.97 Å². The molecule has 38 heavy (non-hydrogen) atoms. The molecule has 2 unspecified atom stereocenters. The lowest BCUT2D eigenvalue weighted by molar-refractivity contribution is -0.143.